The van der Waals surface area contributed by atoms with Crippen molar-refractivity contribution in [3.63, 3.8) is 0 Å². The number of aliphatic hydroxyl groups is 1. The van der Waals surface area contributed by atoms with Crippen molar-refractivity contribution < 1.29 is 9.90 Å². The van der Waals surface area contributed by atoms with Gasteiger partial charge in [-0.25, -0.2) is 0 Å². The number of rotatable bonds is 3. The van der Waals surface area contributed by atoms with Crippen LogP contribution in [0.15, 0.2) is 12.2 Å². The quantitative estimate of drug-likeness (QED) is 0.696. The van der Waals surface area contributed by atoms with Crippen molar-refractivity contribution in [1.82, 2.24) is 0 Å². The van der Waals surface area contributed by atoms with Crippen molar-refractivity contribution in [2.75, 3.05) is 0 Å². The Morgan fingerprint density at radius 1 is 1.75 bits per heavy atom. The van der Waals surface area contributed by atoms with Crippen molar-refractivity contribution in [2.45, 2.75) is 38.7 Å². The number of carbonyl (C=O) groups excluding carboxylic acids is 1. The van der Waals surface area contributed by atoms with Crippen LogP contribution in [-0.4, -0.2) is 17.0 Å². The Bertz CT molecular complexity index is 182. The van der Waals surface area contributed by atoms with Gasteiger partial charge in [0.05, 0.1) is 6.10 Å². The summed E-state index contributed by atoms with van der Waals surface area (Å²) in [6.07, 6.45) is 6.92. The summed E-state index contributed by atoms with van der Waals surface area (Å²) in [6, 6.07) is 0. The van der Waals surface area contributed by atoms with Crippen LogP contribution >= 0.6 is 0 Å². The van der Waals surface area contributed by atoms with Gasteiger partial charge in [0.2, 0.25) is 0 Å². The van der Waals surface area contributed by atoms with Crippen LogP contribution in [0.1, 0.15) is 32.6 Å². The van der Waals surface area contributed by atoms with Crippen LogP contribution in [0.2, 0.25) is 0 Å². The van der Waals surface area contributed by atoms with Crippen LogP contribution < -0.4 is 0 Å². The van der Waals surface area contributed by atoms with E-state index in [0.717, 1.165) is 19.3 Å². The third kappa shape index (κ3) is 3.18. The van der Waals surface area contributed by atoms with Crippen molar-refractivity contribution in [2.24, 2.45) is 5.92 Å². The van der Waals surface area contributed by atoms with Gasteiger partial charge in [0.15, 0.2) is 5.78 Å². The van der Waals surface area contributed by atoms with Gasteiger partial charge >= 0.3 is 0 Å². The van der Waals surface area contributed by atoms with E-state index >= 15 is 0 Å². The maximum atomic E-state index is 10.8. The maximum Gasteiger partial charge on any atom is 0.155 e. The lowest BCUT2D eigenvalue weighted by atomic mass is 9.90. The summed E-state index contributed by atoms with van der Waals surface area (Å²) in [5, 5.41) is 9.04. The first-order valence-corrected chi connectivity index (χ1v) is 4.57. The Morgan fingerprint density at radius 3 is 3.00 bits per heavy atom. The molecule has 68 valence electrons. The average molecular weight is 168 g/mol. The Hall–Kier alpha value is -0.630. The predicted molar refractivity (Wildman–Crippen MR) is 47.8 cm³/mol. The highest BCUT2D eigenvalue weighted by Crippen LogP contribution is 2.20. The lowest BCUT2D eigenvalue weighted by Crippen LogP contribution is -2.10. The largest absolute Gasteiger partial charge is 0.393 e. The Labute approximate surface area is 73.3 Å². The van der Waals surface area contributed by atoms with Crippen LogP contribution in [0.4, 0.5) is 0 Å². The second-order valence-corrected chi connectivity index (χ2v) is 3.55. The minimum absolute atomic E-state index is 0.212. The van der Waals surface area contributed by atoms with Gasteiger partial charge in [-0.3, -0.25) is 4.79 Å². The number of ketones is 1. The summed E-state index contributed by atoms with van der Waals surface area (Å²) in [5.41, 5.74) is 0. The molecule has 12 heavy (non-hydrogen) atoms. The molecule has 0 spiro atoms. The number of carbonyl (C=O) groups is 1. The van der Waals surface area contributed by atoms with Crippen LogP contribution in [0.25, 0.3) is 0 Å². The van der Waals surface area contributed by atoms with Crippen molar-refractivity contribution >= 4 is 5.78 Å². The summed E-state index contributed by atoms with van der Waals surface area (Å²) in [4.78, 5) is 10.8. The molecule has 2 atom stereocenters. The molecule has 1 aliphatic rings. The molecular weight excluding hydrogens is 152 g/mol. The first-order chi connectivity index (χ1) is 5.68. The van der Waals surface area contributed by atoms with Gasteiger partial charge in [-0.05, 0) is 38.2 Å². The monoisotopic (exact) mass is 168 g/mol. The molecule has 0 aromatic carbocycles. The molecule has 0 heterocycles. The molecular formula is C10H16O2. The second-order valence-electron chi connectivity index (χ2n) is 3.55. The standard InChI is InChI=1S/C10H16O2/c1-8(11)2-3-9-4-6-10(12)7-5-9/h4,6,8-9,11H,2-3,5,7H2,1H3. The van der Waals surface area contributed by atoms with E-state index in [-0.39, 0.29) is 11.9 Å². The van der Waals surface area contributed by atoms with Crippen molar-refractivity contribution in [3.05, 3.63) is 12.2 Å². The molecule has 0 radical (unpaired) electrons. The Morgan fingerprint density at radius 2 is 2.50 bits per heavy atom. The molecule has 2 unspecified atom stereocenters. The summed E-state index contributed by atoms with van der Waals surface area (Å²) in [7, 11) is 0. The van der Waals surface area contributed by atoms with E-state index in [1.54, 1.807) is 13.0 Å². The highest BCUT2D eigenvalue weighted by Gasteiger charge is 2.13. The summed E-state index contributed by atoms with van der Waals surface area (Å²) >= 11 is 0. The third-order valence-electron chi connectivity index (χ3n) is 2.27. The molecule has 0 saturated carbocycles. The SMILES string of the molecule is CC(O)CCC1C=CC(=O)CC1. The fourth-order valence-corrected chi connectivity index (χ4v) is 1.45. The van der Waals surface area contributed by atoms with E-state index in [0.29, 0.717) is 12.3 Å². The molecule has 0 fully saturated rings. The molecule has 0 aliphatic heterocycles. The molecule has 1 rings (SSSR count). The minimum Gasteiger partial charge on any atom is -0.393 e. The predicted octanol–water partition coefficient (Wildman–Crippen LogP) is 1.68. The van der Waals surface area contributed by atoms with E-state index in [4.69, 9.17) is 5.11 Å². The van der Waals surface area contributed by atoms with E-state index in [1.165, 1.54) is 0 Å². The summed E-state index contributed by atoms with van der Waals surface area (Å²) in [5.74, 6) is 0.751. The molecule has 1 N–H and O–H groups in total. The smallest absolute Gasteiger partial charge is 0.155 e. The molecule has 0 aromatic heterocycles. The van der Waals surface area contributed by atoms with Crippen LogP contribution in [-0.2, 0) is 4.79 Å². The van der Waals surface area contributed by atoms with Gasteiger partial charge in [-0.1, -0.05) is 6.08 Å². The Balaban J connectivity index is 2.26. The topological polar surface area (TPSA) is 37.3 Å². The zero-order valence-corrected chi connectivity index (χ0v) is 7.49. The number of hydrogen-bond acceptors (Lipinski definition) is 2. The summed E-state index contributed by atoms with van der Waals surface area (Å²) < 4.78 is 0. The molecule has 0 saturated heterocycles. The number of hydrogen-bond donors (Lipinski definition) is 1. The van der Waals surface area contributed by atoms with E-state index < -0.39 is 0 Å². The molecule has 2 nitrogen and oxygen atoms in total. The molecule has 2 heteroatoms. The molecule has 0 bridgehead atoms. The average Bonchev–Trinajstić information content (AvgIpc) is 2.03. The normalized spacial score (nSPS) is 25.8. The lowest BCUT2D eigenvalue weighted by molar-refractivity contribution is -0.115. The number of allylic oxidation sites excluding steroid dienone is 2. The fourth-order valence-electron chi connectivity index (χ4n) is 1.45. The van der Waals surface area contributed by atoms with Gasteiger partial charge in [-0.15, -0.1) is 0 Å². The van der Waals surface area contributed by atoms with Gasteiger partial charge < -0.3 is 5.11 Å². The van der Waals surface area contributed by atoms with Crippen LogP contribution in [0, 0.1) is 5.92 Å². The fraction of sp³-hybridized carbons (Fsp3) is 0.700. The van der Waals surface area contributed by atoms with Gasteiger partial charge in [-0.2, -0.15) is 0 Å². The Kier molecular flexibility index (Phi) is 3.48. The van der Waals surface area contributed by atoms with E-state index in [9.17, 15) is 4.79 Å². The van der Waals surface area contributed by atoms with Crippen molar-refractivity contribution in [1.29, 1.82) is 0 Å². The highest BCUT2D eigenvalue weighted by molar-refractivity contribution is 5.90. The van der Waals surface area contributed by atoms with E-state index in [1.807, 2.05) is 6.08 Å². The van der Waals surface area contributed by atoms with Crippen LogP contribution in [0.3, 0.4) is 0 Å². The zero-order valence-electron chi connectivity index (χ0n) is 7.49. The van der Waals surface area contributed by atoms with E-state index in [2.05, 4.69) is 0 Å². The molecule has 1 aliphatic carbocycles. The third-order valence-corrected chi connectivity index (χ3v) is 2.27. The first-order valence-electron chi connectivity index (χ1n) is 4.57. The maximum absolute atomic E-state index is 10.8. The van der Waals surface area contributed by atoms with Gasteiger partial charge in [0.25, 0.3) is 0 Å². The molecule has 0 aromatic rings. The zero-order chi connectivity index (χ0) is 8.97. The van der Waals surface area contributed by atoms with Gasteiger partial charge in [0, 0.05) is 6.42 Å². The van der Waals surface area contributed by atoms with Crippen LogP contribution in [0.5, 0.6) is 0 Å². The van der Waals surface area contributed by atoms with Crippen molar-refractivity contribution in [3.8, 4) is 0 Å². The molecule has 0 amide bonds. The summed E-state index contributed by atoms with van der Waals surface area (Å²) in [6.45, 7) is 1.80. The van der Waals surface area contributed by atoms with Gasteiger partial charge in [0.1, 0.15) is 0 Å². The highest BCUT2D eigenvalue weighted by atomic mass is 16.3. The second kappa shape index (κ2) is 4.41. The lowest BCUT2D eigenvalue weighted by Gasteiger charge is -2.15. The first kappa shape index (κ1) is 9.46. The minimum atomic E-state index is -0.212. The number of aliphatic hydroxyl groups excluding tert-OH is 1.